The summed E-state index contributed by atoms with van der Waals surface area (Å²) in [6, 6.07) is 5.04. The van der Waals surface area contributed by atoms with E-state index in [1.165, 1.54) is 0 Å². The highest BCUT2D eigenvalue weighted by Crippen LogP contribution is 2.25. The molecule has 0 spiro atoms. The lowest BCUT2D eigenvalue weighted by atomic mass is 10.1. The van der Waals surface area contributed by atoms with E-state index in [-0.39, 0.29) is 0 Å². The fourth-order valence-corrected chi connectivity index (χ4v) is 2.16. The molecule has 0 aromatic heterocycles. The number of sulfonamides is 1. The summed E-state index contributed by atoms with van der Waals surface area (Å²) in [5.74, 6) is -0.569. The van der Waals surface area contributed by atoms with Crippen LogP contribution in [0.3, 0.4) is 0 Å². The minimum absolute atomic E-state index is 0.454. The van der Waals surface area contributed by atoms with Gasteiger partial charge in [0.05, 0.1) is 11.8 Å². The minimum atomic E-state index is -3.61. The molecule has 0 radical (unpaired) electrons. The van der Waals surface area contributed by atoms with E-state index in [0.29, 0.717) is 16.9 Å². The average Bonchev–Trinajstić information content (AvgIpc) is 2.19. The molecule has 16 heavy (non-hydrogen) atoms. The number of nitrogen functional groups attached to an aromatic ring is 1. The van der Waals surface area contributed by atoms with Gasteiger partial charge in [0.25, 0.3) is 0 Å². The Labute approximate surface area is 94.9 Å². The van der Waals surface area contributed by atoms with Gasteiger partial charge in [-0.2, -0.15) is 5.26 Å². The van der Waals surface area contributed by atoms with Crippen molar-refractivity contribution in [3.05, 3.63) is 23.3 Å². The zero-order chi connectivity index (χ0) is 12.3. The summed E-state index contributed by atoms with van der Waals surface area (Å²) in [7, 11) is -3.61. The van der Waals surface area contributed by atoms with E-state index in [1.807, 2.05) is 0 Å². The molecule has 0 aliphatic rings. The van der Waals surface area contributed by atoms with Gasteiger partial charge in [0.2, 0.25) is 10.0 Å². The maximum Gasteiger partial charge on any atom is 0.246 e. The molecule has 1 aromatic carbocycles. The van der Waals surface area contributed by atoms with Gasteiger partial charge in [0, 0.05) is 5.69 Å². The maximum absolute atomic E-state index is 11.4. The lowest BCUT2D eigenvalue weighted by Gasteiger charge is -2.13. The van der Waals surface area contributed by atoms with Crippen molar-refractivity contribution in [1.29, 1.82) is 5.26 Å². The molecule has 1 rings (SSSR count). The van der Waals surface area contributed by atoms with Crippen LogP contribution in [0.15, 0.2) is 12.1 Å². The van der Waals surface area contributed by atoms with E-state index >= 15 is 0 Å². The molecular weight excluding hydrogens is 226 g/mol. The summed E-state index contributed by atoms with van der Waals surface area (Å²) >= 11 is 0. The van der Waals surface area contributed by atoms with Gasteiger partial charge in [0.15, 0.2) is 5.75 Å². The molecule has 0 heterocycles. The van der Waals surface area contributed by atoms with Gasteiger partial charge in [0.1, 0.15) is 0 Å². The van der Waals surface area contributed by atoms with Crippen LogP contribution in [-0.2, 0) is 10.0 Å². The molecule has 1 aromatic rings. The first kappa shape index (κ1) is 12.3. The molecule has 5 nitrogen and oxygen atoms in total. The number of benzene rings is 1. The molecule has 86 valence electrons. The Morgan fingerprint density at radius 3 is 2.62 bits per heavy atom. The Bertz CT molecular complexity index is 544. The molecule has 0 fully saturated rings. The standard InChI is InChI=1S/C10H13N3O2S/c1-7-3-4-9(12)8(2)10(7)13-16(14,15)6-5-11/h3-4,13H,6,12H2,1-2H3. The molecule has 0 atom stereocenters. The van der Waals surface area contributed by atoms with Crippen LogP contribution in [0.4, 0.5) is 11.4 Å². The number of nitrogens with one attached hydrogen (secondary N) is 1. The van der Waals surface area contributed by atoms with Crippen LogP contribution in [-0.4, -0.2) is 14.2 Å². The number of nitriles is 1. The van der Waals surface area contributed by atoms with Crippen molar-refractivity contribution in [3.63, 3.8) is 0 Å². The second kappa shape index (κ2) is 4.41. The Kier molecular flexibility index (Phi) is 3.40. The molecule has 0 aliphatic heterocycles. The molecule has 0 aliphatic carbocycles. The summed E-state index contributed by atoms with van der Waals surface area (Å²) in [5, 5.41) is 8.38. The van der Waals surface area contributed by atoms with Gasteiger partial charge in [-0.25, -0.2) is 8.42 Å². The zero-order valence-corrected chi connectivity index (χ0v) is 9.93. The summed E-state index contributed by atoms with van der Waals surface area (Å²) in [6.45, 7) is 3.50. The number of rotatable bonds is 3. The lowest BCUT2D eigenvalue weighted by Crippen LogP contribution is -2.17. The predicted octanol–water partition coefficient (Wildman–Crippen LogP) is 1.15. The van der Waals surface area contributed by atoms with Crippen molar-refractivity contribution in [2.24, 2.45) is 0 Å². The predicted molar refractivity (Wildman–Crippen MR) is 63.4 cm³/mol. The molecule has 0 unspecified atom stereocenters. The van der Waals surface area contributed by atoms with Gasteiger partial charge < -0.3 is 5.73 Å². The quantitative estimate of drug-likeness (QED) is 0.773. The maximum atomic E-state index is 11.4. The van der Waals surface area contributed by atoms with Crippen molar-refractivity contribution < 1.29 is 8.42 Å². The highest BCUT2D eigenvalue weighted by molar-refractivity contribution is 7.92. The van der Waals surface area contributed by atoms with E-state index in [0.717, 1.165) is 5.56 Å². The first-order valence-electron chi connectivity index (χ1n) is 4.60. The number of nitrogens with two attached hydrogens (primary N) is 1. The molecular formula is C10H13N3O2S. The van der Waals surface area contributed by atoms with E-state index in [1.54, 1.807) is 32.0 Å². The summed E-state index contributed by atoms with van der Waals surface area (Å²) in [6.07, 6.45) is 0. The highest BCUT2D eigenvalue weighted by atomic mass is 32.2. The van der Waals surface area contributed by atoms with Crippen molar-refractivity contribution in [2.75, 3.05) is 16.2 Å². The number of hydrogen-bond acceptors (Lipinski definition) is 4. The summed E-state index contributed by atoms with van der Waals surface area (Å²) in [4.78, 5) is 0. The Morgan fingerprint density at radius 2 is 2.06 bits per heavy atom. The normalized spacial score (nSPS) is 10.8. The third kappa shape index (κ3) is 2.64. The molecule has 0 amide bonds. The monoisotopic (exact) mass is 239 g/mol. The van der Waals surface area contributed by atoms with Crippen molar-refractivity contribution in [2.45, 2.75) is 13.8 Å². The summed E-state index contributed by atoms with van der Waals surface area (Å²) in [5.41, 5.74) is 8.09. The first-order valence-corrected chi connectivity index (χ1v) is 6.25. The SMILES string of the molecule is Cc1ccc(N)c(C)c1NS(=O)(=O)CC#N. The van der Waals surface area contributed by atoms with Gasteiger partial charge in [-0.1, -0.05) is 6.07 Å². The van der Waals surface area contributed by atoms with Crippen LogP contribution in [0.25, 0.3) is 0 Å². The first-order chi connectivity index (χ1) is 7.37. The topological polar surface area (TPSA) is 96.0 Å². The Hall–Kier alpha value is -1.74. The smallest absolute Gasteiger partial charge is 0.246 e. The average molecular weight is 239 g/mol. The zero-order valence-electron chi connectivity index (χ0n) is 9.11. The number of aryl methyl sites for hydroxylation is 1. The van der Waals surface area contributed by atoms with Gasteiger partial charge in [-0.3, -0.25) is 4.72 Å². The number of anilines is 2. The van der Waals surface area contributed by atoms with Crippen molar-refractivity contribution in [1.82, 2.24) is 0 Å². The lowest BCUT2D eigenvalue weighted by molar-refractivity contribution is 0.604. The summed E-state index contributed by atoms with van der Waals surface area (Å²) < 4.78 is 25.2. The fraction of sp³-hybridized carbons (Fsp3) is 0.300. The van der Waals surface area contributed by atoms with Crippen LogP contribution in [0.1, 0.15) is 11.1 Å². The van der Waals surface area contributed by atoms with Crippen LogP contribution in [0.5, 0.6) is 0 Å². The van der Waals surface area contributed by atoms with Crippen LogP contribution >= 0.6 is 0 Å². The second-order valence-electron chi connectivity index (χ2n) is 3.49. The van der Waals surface area contributed by atoms with E-state index in [2.05, 4.69) is 4.72 Å². The van der Waals surface area contributed by atoms with Crippen molar-refractivity contribution >= 4 is 21.4 Å². The van der Waals surface area contributed by atoms with E-state index < -0.39 is 15.8 Å². The van der Waals surface area contributed by atoms with Gasteiger partial charge in [-0.15, -0.1) is 0 Å². The largest absolute Gasteiger partial charge is 0.398 e. The van der Waals surface area contributed by atoms with Gasteiger partial charge >= 0.3 is 0 Å². The minimum Gasteiger partial charge on any atom is -0.398 e. The van der Waals surface area contributed by atoms with E-state index in [4.69, 9.17) is 11.0 Å². The van der Waals surface area contributed by atoms with Gasteiger partial charge in [-0.05, 0) is 31.0 Å². The molecule has 0 saturated carbocycles. The van der Waals surface area contributed by atoms with Crippen LogP contribution in [0.2, 0.25) is 0 Å². The fourth-order valence-electron chi connectivity index (χ4n) is 1.30. The molecule has 0 bridgehead atoms. The molecule has 3 N–H and O–H groups in total. The van der Waals surface area contributed by atoms with Crippen molar-refractivity contribution in [3.8, 4) is 6.07 Å². The second-order valence-corrected chi connectivity index (χ2v) is 5.21. The highest BCUT2D eigenvalue weighted by Gasteiger charge is 2.13. The Morgan fingerprint density at radius 1 is 1.44 bits per heavy atom. The third-order valence-electron chi connectivity index (χ3n) is 2.23. The number of hydrogen-bond donors (Lipinski definition) is 2. The Balaban J connectivity index is 3.17. The molecule has 0 saturated heterocycles. The number of nitrogens with zero attached hydrogens (tertiary/aromatic N) is 1. The van der Waals surface area contributed by atoms with Crippen LogP contribution < -0.4 is 10.5 Å². The van der Waals surface area contributed by atoms with Crippen LogP contribution in [0, 0.1) is 25.2 Å². The van der Waals surface area contributed by atoms with E-state index in [9.17, 15) is 8.42 Å². The molecule has 6 heteroatoms. The third-order valence-corrected chi connectivity index (χ3v) is 3.25.